The lowest BCUT2D eigenvalue weighted by atomic mass is 10.0. The summed E-state index contributed by atoms with van der Waals surface area (Å²) in [7, 11) is 3.65. The Morgan fingerprint density at radius 3 is 2.45 bits per heavy atom. The fourth-order valence-corrected chi connectivity index (χ4v) is 5.85. The number of carbonyl (C=O) groups excluding carboxylic acids is 1. The van der Waals surface area contributed by atoms with Gasteiger partial charge in [-0.15, -0.1) is 0 Å². The van der Waals surface area contributed by atoms with Gasteiger partial charge in [0.25, 0.3) is 5.91 Å². The summed E-state index contributed by atoms with van der Waals surface area (Å²) in [5.41, 5.74) is -0.0540. The Hall–Kier alpha value is -3.58. The van der Waals surface area contributed by atoms with Gasteiger partial charge in [0.15, 0.2) is 0 Å². The van der Waals surface area contributed by atoms with Gasteiger partial charge < -0.3 is 30.2 Å². The maximum absolute atomic E-state index is 13.7. The molecule has 0 spiro atoms. The summed E-state index contributed by atoms with van der Waals surface area (Å²) in [6.07, 6.45) is -0.0540. The second-order valence-corrected chi connectivity index (χ2v) is 11.9. The number of halogens is 3. The predicted molar refractivity (Wildman–Crippen MR) is 154 cm³/mol. The van der Waals surface area contributed by atoms with Gasteiger partial charge >= 0.3 is 6.18 Å². The number of amides is 1. The molecule has 0 atom stereocenters. The second-order valence-electron chi connectivity index (χ2n) is 11.9. The standard InChI is InChI=1S/C29H37F3N8O2/c1-28(8-9-28)37-25-23-20(29(30,31)32)17-33-24(23)35-27(36-25)34-21-5-4-18(16-22(21)42-3)26(41)40-10-6-19(7-11-40)39-14-12-38(2)13-15-39/h4-5,16-17,19H,6-15H2,1-3H3,(H3,33,34,35,36,37). The number of H-pyrrole nitrogens is 1. The normalized spacial score (nSPS) is 20.1. The number of hydrogen-bond donors (Lipinski definition) is 3. The third-order valence-corrected chi connectivity index (χ3v) is 8.76. The number of ether oxygens (including phenoxy) is 1. The van der Waals surface area contributed by atoms with Gasteiger partial charge in [-0.05, 0) is 57.9 Å². The quantitative estimate of drug-likeness (QED) is 0.371. The van der Waals surface area contributed by atoms with Gasteiger partial charge in [-0.2, -0.15) is 23.1 Å². The topological polar surface area (TPSA) is 102 Å². The number of anilines is 3. The first-order valence-corrected chi connectivity index (χ1v) is 14.4. The summed E-state index contributed by atoms with van der Waals surface area (Å²) in [5, 5.41) is 6.16. The van der Waals surface area contributed by atoms with Crippen molar-refractivity contribution in [2.24, 2.45) is 0 Å². The minimum Gasteiger partial charge on any atom is -0.495 e. The molecule has 2 saturated heterocycles. The smallest absolute Gasteiger partial charge is 0.418 e. The summed E-state index contributed by atoms with van der Waals surface area (Å²) in [6.45, 7) is 7.66. The van der Waals surface area contributed by atoms with Crippen LogP contribution in [0.5, 0.6) is 5.75 Å². The molecule has 1 aliphatic carbocycles. The van der Waals surface area contributed by atoms with Crippen molar-refractivity contribution in [1.29, 1.82) is 0 Å². The fraction of sp³-hybridized carbons (Fsp3) is 0.552. The maximum Gasteiger partial charge on any atom is 0.418 e. The van der Waals surface area contributed by atoms with Crippen molar-refractivity contribution in [2.45, 2.75) is 50.4 Å². The lowest BCUT2D eigenvalue weighted by Gasteiger charge is -2.42. The molecule has 0 bridgehead atoms. The molecule has 2 aromatic heterocycles. The molecule has 2 aliphatic heterocycles. The van der Waals surface area contributed by atoms with Crippen LogP contribution in [-0.2, 0) is 6.18 Å². The summed E-state index contributed by atoms with van der Waals surface area (Å²) in [6, 6.07) is 5.62. The summed E-state index contributed by atoms with van der Waals surface area (Å²) in [5.74, 6) is 0.572. The molecule has 6 rings (SSSR count). The van der Waals surface area contributed by atoms with Gasteiger partial charge in [-0.25, -0.2) is 0 Å². The van der Waals surface area contributed by atoms with E-state index in [-0.39, 0.29) is 34.2 Å². The minimum atomic E-state index is -4.55. The molecule has 1 aromatic carbocycles. The lowest BCUT2D eigenvalue weighted by molar-refractivity contribution is -0.136. The SMILES string of the molecule is COc1cc(C(=O)N2CCC(N3CCN(C)CC3)CC2)ccc1Nc1nc(NC2(C)CC2)c2c(C(F)(F)F)c[nH]c2n1. The highest BCUT2D eigenvalue weighted by Crippen LogP contribution is 2.43. The van der Waals surface area contributed by atoms with E-state index in [1.807, 2.05) is 11.8 Å². The van der Waals surface area contributed by atoms with E-state index in [0.29, 0.717) is 36.1 Å². The summed E-state index contributed by atoms with van der Waals surface area (Å²) in [4.78, 5) is 31.6. The summed E-state index contributed by atoms with van der Waals surface area (Å²) < 4.78 is 46.7. The van der Waals surface area contributed by atoms with Gasteiger partial charge in [-0.1, -0.05) is 0 Å². The van der Waals surface area contributed by atoms with Crippen molar-refractivity contribution < 1.29 is 22.7 Å². The van der Waals surface area contributed by atoms with E-state index in [0.717, 1.165) is 58.1 Å². The Bertz CT molecular complexity index is 1460. The molecule has 0 radical (unpaired) electrons. The molecular formula is C29H37F3N8O2. The molecule has 226 valence electrons. The Kier molecular flexibility index (Phi) is 7.42. The lowest BCUT2D eigenvalue weighted by Crippen LogP contribution is -2.52. The Labute approximate surface area is 242 Å². The number of methoxy groups -OCH3 is 1. The molecule has 3 aromatic rings. The minimum absolute atomic E-state index is 0.0513. The molecule has 3 aliphatic rings. The third kappa shape index (κ3) is 5.84. The molecule has 1 saturated carbocycles. The van der Waals surface area contributed by atoms with Crippen LogP contribution >= 0.6 is 0 Å². The number of fused-ring (bicyclic) bond motifs is 1. The van der Waals surface area contributed by atoms with Crippen molar-refractivity contribution >= 4 is 34.4 Å². The molecule has 42 heavy (non-hydrogen) atoms. The third-order valence-electron chi connectivity index (χ3n) is 8.76. The van der Waals surface area contributed by atoms with Crippen molar-refractivity contribution in [1.82, 2.24) is 29.7 Å². The Morgan fingerprint density at radius 1 is 1.10 bits per heavy atom. The number of nitrogens with one attached hydrogen (secondary N) is 3. The number of alkyl halides is 3. The average molecular weight is 587 g/mol. The molecule has 0 unspecified atom stereocenters. The number of likely N-dealkylation sites (N-methyl/N-ethyl adjacent to an activating group) is 1. The van der Waals surface area contributed by atoms with Crippen molar-refractivity contribution in [2.75, 3.05) is 64.1 Å². The second kappa shape index (κ2) is 10.9. The van der Waals surface area contributed by atoms with Crippen LogP contribution in [0.1, 0.15) is 48.5 Å². The van der Waals surface area contributed by atoms with Crippen molar-refractivity contribution in [3.8, 4) is 5.75 Å². The number of hydrogen-bond acceptors (Lipinski definition) is 8. The van der Waals surface area contributed by atoms with E-state index in [9.17, 15) is 18.0 Å². The van der Waals surface area contributed by atoms with E-state index in [1.54, 1.807) is 18.2 Å². The van der Waals surface area contributed by atoms with E-state index in [4.69, 9.17) is 4.74 Å². The number of nitrogens with zero attached hydrogens (tertiary/aromatic N) is 5. The van der Waals surface area contributed by atoms with Crippen LogP contribution < -0.4 is 15.4 Å². The number of aromatic amines is 1. The van der Waals surface area contributed by atoms with Crippen LogP contribution in [0.15, 0.2) is 24.4 Å². The van der Waals surface area contributed by atoms with Gasteiger partial charge in [0.05, 0.1) is 23.7 Å². The highest BCUT2D eigenvalue weighted by atomic mass is 19.4. The van der Waals surface area contributed by atoms with Gasteiger partial charge in [0.2, 0.25) is 5.95 Å². The first-order valence-electron chi connectivity index (χ1n) is 14.4. The van der Waals surface area contributed by atoms with Crippen LogP contribution in [-0.4, -0.2) is 101 Å². The molecule has 10 nitrogen and oxygen atoms in total. The molecule has 3 N–H and O–H groups in total. The first-order chi connectivity index (χ1) is 20.0. The molecule has 4 heterocycles. The molecule has 3 fully saturated rings. The average Bonchev–Trinajstić information content (AvgIpc) is 3.52. The molecular weight excluding hydrogens is 549 g/mol. The first kappa shape index (κ1) is 28.5. The number of piperidine rings is 1. The monoisotopic (exact) mass is 586 g/mol. The largest absolute Gasteiger partial charge is 0.495 e. The van der Waals surface area contributed by atoms with E-state index >= 15 is 0 Å². The summed E-state index contributed by atoms with van der Waals surface area (Å²) >= 11 is 0. The van der Waals surface area contributed by atoms with Crippen LogP contribution in [0.2, 0.25) is 0 Å². The van der Waals surface area contributed by atoms with Crippen LogP contribution in [0.25, 0.3) is 11.0 Å². The predicted octanol–water partition coefficient (Wildman–Crippen LogP) is 4.55. The zero-order valence-corrected chi connectivity index (χ0v) is 24.1. The van der Waals surface area contributed by atoms with Gasteiger partial charge in [0.1, 0.15) is 17.2 Å². The molecule has 1 amide bonds. The van der Waals surface area contributed by atoms with Gasteiger partial charge in [0, 0.05) is 62.6 Å². The molecule has 13 heteroatoms. The Morgan fingerprint density at radius 2 is 1.81 bits per heavy atom. The maximum atomic E-state index is 13.7. The number of carbonyl (C=O) groups is 1. The van der Waals surface area contributed by atoms with Crippen LogP contribution in [0.3, 0.4) is 0 Å². The van der Waals surface area contributed by atoms with Crippen LogP contribution in [0.4, 0.5) is 30.6 Å². The van der Waals surface area contributed by atoms with Crippen molar-refractivity contribution in [3.63, 3.8) is 0 Å². The highest BCUT2D eigenvalue weighted by molar-refractivity contribution is 5.96. The van der Waals surface area contributed by atoms with Crippen LogP contribution in [0, 0.1) is 0 Å². The number of rotatable bonds is 7. The number of piperazine rings is 1. The van der Waals surface area contributed by atoms with Gasteiger partial charge in [-0.3, -0.25) is 9.69 Å². The highest BCUT2D eigenvalue weighted by Gasteiger charge is 2.40. The zero-order chi connectivity index (χ0) is 29.6. The Balaban J connectivity index is 1.18. The van der Waals surface area contributed by atoms with E-state index in [2.05, 4.69) is 42.4 Å². The zero-order valence-electron chi connectivity index (χ0n) is 24.1. The van der Waals surface area contributed by atoms with E-state index in [1.165, 1.54) is 7.11 Å². The number of benzene rings is 1. The van der Waals surface area contributed by atoms with E-state index < -0.39 is 11.7 Å². The van der Waals surface area contributed by atoms with Crippen molar-refractivity contribution in [3.05, 3.63) is 35.5 Å². The fourth-order valence-electron chi connectivity index (χ4n) is 5.85. The number of likely N-dealkylation sites (tertiary alicyclic amines) is 1. The number of aromatic nitrogens is 3.